The highest BCUT2D eigenvalue weighted by atomic mass is 19.1. The second-order valence-corrected chi connectivity index (χ2v) is 6.94. The van der Waals surface area contributed by atoms with Gasteiger partial charge in [0.2, 0.25) is 0 Å². The molecule has 1 saturated heterocycles. The first-order chi connectivity index (χ1) is 14.1. The fourth-order valence-corrected chi connectivity index (χ4v) is 3.50. The normalized spacial score (nSPS) is 14.8. The molecule has 0 saturated carbocycles. The minimum Gasteiger partial charge on any atom is -0.497 e. The molecular formula is C22H29FN4O2. The Morgan fingerprint density at radius 3 is 2.59 bits per heavy atom. The molecule has 7 heteroatoms. The maximum absolute atomic E-state index is 13.8. The van der Waals surface area contributed by atoms with Crippen molar-refractivity contribution in [3.63, 3.8) is 0 Å². The summed E-state index contributed by atoms with van der Waals surface area (Å²) in [6.45, 7) is 4.40. The lowest BCUT2D eigenvalue weighted by atomic mass is 10.1. The van der Waals surface area contributed by atoms with Crippen LogP contribution in [0.25, 0.3) is 0 Å². The van der Waals surface area contributed by atoms with Crippen molar-refractivity contribution in [3.8, 4) is 5.75 Å². The average Bonchev–Trinajstić information content (AvgIpc) is 2.77. The molecule has 29 heavy (non-hydrogen) atoms. The second-order valence-electron chi connectivity index (χ2n) is 6.94. The number of hydrogen-bond donors (Lipinski definition) is 1. The van der Waals surface area contributed by atoms with Gasteiger partial charge >= 0.3 is 0 Å². The molecule has 2 aromatic carbocycles. The van der Waals surface area contributed by atoms with Crippen LogP contribution < -0.4 is 15.0 Å². The van der Waals surface area contributed by atoms with Crippen LogP contribution in [-0.4, -0.2) is 58.3 Å². The van der Waals surface area contributed by atoms with Gasteiger partial charge in [-0.15, -0.1) is 0 Å². The molecule has 3 rings (SSSR count). The van der Waals surface area contributed by atoms with Crippen LogP contribution in [0.3, 0.4) is 0 Å². The molecule has 156 valence electrons. The van der Waals surface area contributed by atoms with E-state index < -0.39 is 0 Å². The van der Waals surface area contributed by atoms with Crippen molar-refractivity contribution in [2.75, 3.05) is 52.3 Å². The number of ether oxygens (including phenoxy) is 2. The van der Waals surface area contributed by atoms with E-state index in [-0.39, 0.29) is 12.4 Å². The van der Waals surface area contributed by atoms with Crippen molar-refractivity contribution < 1.29 is 13.9 Å². The SMILES string of the molecule is CN=C(NCc1ccc(F)c(COC)c1)N1CCN(c2cccc(OC)c2)CC1. The fraction of sp³-hybridized carbons (Fsp3) is 0.409. The summed E-state index contributed by atoms with van der Waals surface area (Å²) in [6.07, 6.45) is 0. The zero-order valence-electron chi connectivity index (χ0n) is 17.3. The number of halogens is 1. The van der Waals surface area contributed by atoms with Crippen molar-refractivity contribution in [1.82, 2.24) is 10.2 Å². The Labute approximate surface area is 171 Å². The number of methoxy groups -OCH3 is 2. The van der Waals surface area contributed by atoms with Crippen LogP contribution >= 0.6 is 0 Å². The van der Waals surface area contributed by atoms with Crippen molar-refractivity contribution in [3.05, 3.63) is 59.4 Å². The fourth-order valence-electron chi connectivity index (χ4n) is 3.50. The lowest BCUT2D eigenvalue weighted by Gasteiger charge is -2.37. The van der Waals surface area contributed by atoms with Gasteiger partial charge in [-0.05, 0) is 29.8 Å². The third-order valence-corrected chi connectivity index (χ3v) is 5.07. The molecule has 0 amide bonds. The van der Waals surface area contributed by atoms with E-state index in [1.54, 1.807) is 27.3 Å². The number of nitrogens with one attached hydrogen (secondary N) is 1. The van der Waals surface area contributed by atoms with Gasteiger partial charge in [0, 0.05) is 64.2 Å². The topological polar surface area (TPSA) is 49.3 Å². The zero-order valence-corrected chi connectivity index (χ0v) is 17.3. The Morgan fingerprint density at radius 2 is 1.90 bits per heavy atom. The summed E-state index contributed by atoms with van der Waals surface area (Å²) in [4.78, 5) is 9.02. The number of anilines is 1. The molecule has 0 aliphatic carbocycles. The van der Waals surface area contributed by atoms with E-state index in [4.69, 9.17) is 9.47 Å². The summed E-state index contributed by atoms with van der Waals surface area (Å²) in [5.41, 5.74) is 2.73. The van der Waals surface area contributed by atoms with E-state index >= 15 is 0 Å². The monoisotopic (exact) mass is 400 g/mol. The Balaban J connectivity index is 1.56. The Hall–Kier alpha value is -2.80. The highest BCUT2D eigenvalue weighted by Crippen LogP contribution is 2.22. The smallest absolute Gasteiger partial charge is 0.194 e. The number of aliphatic imine (C=N–C) groups is 1. The first-order valence-electron chi connectivity index (χ1n) is 9.75. The van der Waals surface area contributed by atoms with Gasteiger partial charge in [0.25, 0.3) is 0 Å². The molecule has 0 aromatic heterocycles. The van der Waals surface area contributed by atoms with Crippen LogP contribution in [0.5, 0.6) is 5.75 Å². The maximum Gasteiger partial charge on any atom is 0.194 e. The quantitative estimate of drug-likeness (QED) is 0.597. The highest BCUT2D eigenvalue weighted by molar-refractivity contribution is 5.80. The third kappa shape index (κ3) is 5.38. The Morgan fingerprint density at radius 1 is 1.10 bits per heavy atom. The second kappa shape index (κ2) is 10.1. The molecule has 1 N–H and O–H groups in total. The number of benzene rings is 2. The predicted molar refractivity (Wildman–Crippen MR) is 114 cm³/mol. The van der Waals surface area contributed by atoms with Crippen molar-refractivity contribution >= 4 is 11.6 Å². The molecule has 0 unspecified atom stereocenters. The minimum absolute atomic E-state index is 0.242. The summed E-state index contributed by atoms with van der Waals surface area (Å²) in [6, 6.07) is 13.3. The average molecular weight is 400 g/mol. The van der Waals surface area contributed by atoms with E-state index in [9.17, 15) is 4.39 Å². The summed E-state index contributed by atoms with van der Waals surface area (Å²) >= 11 is 0. The Bertz CT molecular complexity index is 835. The summed E-state index contributed by atoms with van der Waals surface area (Å²) < 4.78 is 24.2. The molecule has 2 aromatic rings. The molecule has 1 aliphatic rings. The summed E-state index contributed by atoms with van der Waals surface area (Å²) in [5.74, 6) is 1.48. The van der Waals surface area contributed by atoms with E-state index in [0.717, 1.165) is 43.5 Å². The van der Waals surface area contributed by atoms with Gasteiger partial charge in [0.15, 0.2) is 5.96 Å². The number of nitrogens with zero attached hydrogens (tertiary/aromatic N) is 3. The summed E-state index contributed by atoms with van der Waals surface area (Å²) in [7, 11) is 5.04. The minimum atomic E-state index is -0.242. The highest BCUT2D eigenvalue weighted by Gasteiger charge is 2.20. The lowest BCUT2D eigenvalue weighted by Crippen LogP contribution is -2.52. The van der Waals surface area contributed by atoms with Crippen LogP contribution in [0.4, 0.5) is 10.1 Å². The molecule has 6 nitrogen and oxygen atoms in total. The van der Waals surface area contributed by atoms with E-state index in [1.807, 2.05) is 18.2 Å². The van der Waals surface area contributed by atoms with Gasteiger partial charge < -0.3 is 24.6 Å². The summed E-state index contributed by atoms with van der Waals surface area (Å²) in [5, 5.41) is 3.39. The number of rotatable bonds is 6. The van der Waals surface area contributed by atoms with Crippen LogP contribution in [-0.2, 0) is 17.9 Å². The molecule has 0 spiro atoms. The molecule has 0 atom stereocenters. The number of hydrogen-bond acceptors (Lipinski definition) is 4. The van der Waals surface area contributed by atoms with Gasteiger partial charge in [-0.2, -0.15) is 0 Å². The molecule has 0 bridgehead atoms. The zero-order chi connectivity index (χ0) is 20.6. The molecule has 1 aliphatic heterocycles. The van der Waals surface area contributed by atoms with Gasteiger partial charge in [0.05, 0.1) is 13.7 Å². The van der Waals surface area contributed by atoms with Crippen LogP contribution in [0.1, 0.15) is 11.1 Å². The standard InChI is InChI=1S/C22H29FN4O2/c1-24-22(25-15-17-7-8-21(23)18(13-17)16-28-2)27-11-9-26(10-12-27)19-5-4-6-20(14-19)29-3/h4-8,13-14H,9-12,15-16H2,1-3H3,(H,24,25). The van der Waals surface area contributed by atoms with Crippen molar-refractivity contribution in [2.24, 2.45) is 4.99 Å². The van der Waals surface area contributed by atoms with Gasteiger partial charge in [-0.3, -0.25) is 4.99 Å². The largest absolute Gasteiger partial charge is 0.497 e. The molecular weight excluding hydrogens is 371 g/mol. The lowest BCUT2D eigenvalue weighted by molar-refractivity contribution is 0.181. The van der Waals surface area contributed by atoms with E-state index in [2.05, 4.69) is 32.2 Å². The predicted octanol–water partition coefficient (Wildman–Crippen LogP) is 2.88. The van der Waals surface area contributed by atoms with Crippen LogP contribution in [0.15, 0.2) is 47.5 Å². The molecule has 1 fully saturated rings. The van der Waals surface area contributed by atoms with Gasteiger partial charge in [-0.25, -0.2) is 4.39 Å². The Kier molecular flexibility index (Phi) is 7.30. The van der Waals surface area contributed by atoms with E-state index in [0.29, 0.717) is 12.1 Å². The number of piperazine rings is 1. The van der Waals surface area contributed by atoms with Crippen molar-refractivity contribution in [1.29, 1.82) is 0 Å². The van der Waals surface area contributed by atoms with Gasteiger partial charge in [0.1, 0.15) is 11.6 Å². The van der Waals surface area contributed by atoms with Crippen LogP contribution in [0, 0.1) is 5.82 Å². The number of guanidine groups is 1. The molecule has 0 radical (unpaired) electrons. The molecule has 1 heterocycles. The first kappa shape index (κ1) is 20.9. The van der Waals surface area contributed by atoms with Gasteiger partial charge in [-0.1, -0.05) is 12.1 Å². The van der Waals surface area contributed by atoms with Crippen LogP contribution in [0.2, 0.25) is 0 Å². The van der Waals surface area contributed by atoms with Crippen molar-refractivity contribution in [2.45, 2.75) is 13.2 Å². The van der Waals surface area contributed by atoms with E-state index in [1.165, 1.54) is 11.8 Å². The maximum atomic E-state index is 13.8. The third-order valence-electron chi connectivity index (χ3n) is 5.07. The first-order valence-corrected chi connectivity index (χ1v) is 9.75.